The molecule has 4 nitrogen and oxygen atoms in total. The smallest absolute Gasteiger partial charge is 0.131 e. The summed E-state index contributed by atoms with van der Waals surface area (Å²) >= 11 is 0. The second kappa shape index (κ2) is 5.45. The number of likely N-dealkylation sites (tertiary alicyclic amines) is 1. The second-order valence-corrected chi connectivity index (χ2v) is 5.24. The van der Waals surface area contributed by atoms with Gasteiger partial charge in [-0.15, -0.1) is 0 Å². The number of hydrogen-bond donors (Lipinski definition) is 0. The zero-order chi connectivity index (χ0) is 12.3. The van der Waals surface area contributed by atoms with E-state index in [4.69, 9.17) is 0 Å². The van der Waals surface area contributed by atoms with Gasteiger partial charge in [-0.25, -0.2) is 9.97 Å². The van der Waals surface area contributed by atoms with Gasteiger partial charge in [-0.2, -0.15) is 0 Å². The van der Waals surface area contributed by atoms with Crippen molar-refractivity contribution in [3.8, 4) is 0 Å². The zero-order valence-corrected chi connectivity index (χ0v) is 11.1. The first-order valence-corrected chi connectivity index (χ1v) is 6.32. The highest BCUT2D eigenvalue weighted by molar-refractivity contribution is 5.36. The minimum Gasteiger partial charge on any atom is -0.363 e. The molecule has 1 aliphatic rings. The SMILES string of the molecule is CN1CCCC(Cc2cc(N(C)C)ncn2)C1. The zero-order valence-electron chi connectivity index (χ0n) is 11.1. The lowest BCUT2D eigenvalue weighted by Gasteiger charge is -2.29. The van der Waals surface area contributed by atoms with Crippen molar-refractivity contribution in [2.75, 3.05) is 39.1 Å². The maximum absolute atomic E-state index is 4.38. The predicted octanol–water partition coefficient (Wildman–Crippen LogP) is 1.43. The summed E-state index contributed by atoms with van der Waals surface area (Å²) in [5.41, 5.74) is 1.17. The molecular formula is C13H22N4. The van der Waals surface area contributed by atoms with Gasteiger partial charge in [0.05, 0.1) is 0 Å². The largest absolute Gasteiger partial charge is 0.363 e. The van der Waals surface area contributed by atoms with Crippen LogP contribution in [0.1, 0.15) is 18.5 Å². The molecule has 2 rings (SSSR count). The Kier molecular flexibility index (Phi) is 3.94. The van der Waals surface area contributed by atoms with Gasteiger partial charge in [-0.1, -0.05) is 0 Å². The van der Waals surface area contributed by atoms with Gasteiger partial charge >= 0.3 is 0 Å². The lowest BCUT2D eigenvalue weighted by atomic mass is 9.93. The monoisotopic (exact) mass is 234 g/mol. The lowest BCUT2D eigenvalue weighted by Crippen LogP contribution is -2.33. The fraction of sp³-hybridized carbons (Fsp3) is 0.692. The van der Waals surface area contributed by atoms with Crippen LogP contribution in [0.2, 0.25) is 0 Å². The van der Waals surface area contributed by atoms with E-state index in [-0.39, 0.29) is 0 Å². The van der Waals surface area contributed by atoms with Gasteiger partial charge in [-0.05, 0) is 38.8 Å². The predicted molar refractivity (Wildman–Crippen MR) is 70.3 cm³/mol. The van der Waals surface area contributed by atoms with E-state index < -0.39 is 0 Å². The van der Waals surface area contributed by atoms with E-state index in [1.165, 1.54) is 31.6 Å². The topological polar surface area (TPSA) is 32.3 Å². The molecule has 94 valence electrons. The van der Waals surface area contributed by atoms with Crippen LogP contribution < -0.4 is 4.90 Å². The molecule has 1 saturated heterocycles. The van der Waals surface area contributed by atoms with Crippen molar-refractivity contribution in [1.29, 1.82) is 0 Å². The number of piperidine rings is 1. The van der Waals surface area contributed by atoms with Crippen LogP contribution in [0.4, 0.5) is 5.82 Å². The Morgan fingerprint density at radius 3 is 2.94 bits per heavy atom. The molecule has 17 heavy (non-hydrogen) atoms. The summed E-state index contributed by atoms with van der Waals surface area (Å²) in [7, 11) is 6.23. The molecule has 0 aliphatic carbocycles. The highest BCUT2D eigenvalue weighted by Crippen LogP contribution is 2.20. The summed E-state index contributed by atoms with van der Waals surface area (Å²) in [5.74, 6) is 1.75. The van der Waals surface area contributed by atoms with Crippen molar-refractivity contribution in [1.82, 2.24) is 14.9 Å². The van der Waals surface area contributed by atoms with Crippen molar-refractivity contribution in [2.45, 2.75) is 19.3 Å². The normalized spacial score (nSPS) is 21.5. The third-order valence-electron chi connectivity index (χ3n) is 3.39. The maximum atomic E-state index is 4.38. The van der Waals surface area contributed by atoms with Gasteiger partial charge in [0.25, 0.3) is 0 Å². The molecular weight excluding hydrogens is 212 g/mol. The molecule has 0 saturated carbocycles. The number of rotatable bonds is 3. The van der Waals surface area contributed by atoms with Crippen LogP contribution in [0.15, 0.2) is 12.4 Å². The molecule has 1 aromatic heterocycles. The van der Waals surface area contributed by atoms with E-state index in [1.54, 1.807) is 6.33 Å². The van der Waals surface area contributed by atoms with Crippen LogP contribution in [-0.2, 0) is 6.42 Å². The van der Waals surface area contributed by atoms with Crippen LogP contribution >= 0.6 is 0 Å². The molecule has 2 heterocycles. The Balaban J connectivity index is 2.00. The highest BCUT2D eigenvalue weighted by Gasteiger charge is 2.18. The molecule has 4 heteroatoms. The summed E-state index contributed by atoms with van der Waals surface area (Å²) in [6, 6.07) is 2.11. The molecule has 0 radical (unpaired) electrons. The van der Waals surface area contributed by atoms with E-state index in [0.29, 0.717) is 0 Å². The molecule has 1 aliphatic heterocycles. The van der Waals surface area contributed by atoms with Crippen molar-refractivity contribution in [3.05, 3.63) is 18.1 Å². The van der Waals surface area contributed by atoms with Gasteiger partial charge in [0, 0.05) is 32.4 Å². The standard InChI is InChI=1S/C13H22N4/c1-16(2)13-8-12(14-10-15-13)7-11-5-4-6-17(3)9-11/h8,10-11H,4-7,9H2,1-3H3. The summed E-state index contributed by atoms with van der Waals surface area (Å²) < 4.78 is 0. The van der Waals surface area contributed by atoms with Gasteiger partial charge < -0.3 is 9.80 Å². The van der Waals surface area contributed by atoms with Crippen molar-refractivity contribution in [2.24, 2.45) is 5.92 Å². The minimum atomic E-state index is 0.749. The Morgan fingerprint density at radius 2 is 2.24 bits per heavy atom. The molecule has 0 amide bonds. The first-order chi connectivity index (χ1) is 8.15. The number of anilines is 1. The van der Waals surface area contributed by atoms with Crippen LogP contribution in [0.25, 0.3) is 0 Å². The molecule has 0 aromatic carbocycles. The van der Waals surface area contributed by atoms with Crippen molar-refractivity contribution < 1.29 is 0 Å². The van der Waals surface area contributed by atoms with Crippen molar-refractivity contribution >= 4 is 5.82 Å². The van der Waals surface area contributed by atoms with Gasteiger partial charge in [0.1, 0.15) is 12.1 Å². The van der Waals surface area contributed by atoms with E-state index in [1.807, 2.05) is 19.0 Å². The molecule has 1 atom stereocenters. The Bertz CT molecular complexity index is 364. The van der Waals surface area contributed by atoms with Crippen LogP contribution in [0.5, 0.6) is 0 Å². The molecule has 0 spiro atoms. The third kappa shape index (κ3) is 3.40. The molecule has 1 aromatic rings. The first kappa shape index (κ1) is 12.3. The van der Waals surface area contributed by atoms with Gasteiger partial charge in [-0.3, -0.25) is 0 Å². The fourth-order valence-electron chi connectivity index (χ4n) is 2.48. The van der Waals surface area contributed by atoms with E-state index in [0.717, 1.165) is 18.2 Å². The Morgan fingerprint density at radius 1 is 1.41 bits per heavy atom. The third-order valence-corrected chi connectivity index (χ3v) is 3.39. The van der Waals surface area contributed by atoms with E-state index in [9.17, 15) is 0 Å². The number of aromatic nitrogens is 2. The minimum absolute atomic E-state index is 0.749. The molecule has 0 bridgehead atoms. The molecule has 1 fully saturated rings. The Labute approximate surface area is 104 Å². The maximum Gasteiger partial charge on any atom is 0.131 e. The molecule has 0 N–H and O–H groups in total. The highest BCUT2D eigenvalue weighted by atomic mass is 15.1. The van der Waals surface area contributed by atoms with Gasteiger partial charge in [0.2, 0.25) is 0 Å². The number of hydrogen-bond acceptors (Lipinski definition) is 4. The summed E-state index contributed by atoms with van der Waals surface area (Å²) in [6.45, 7) is 2.44. The fourth-order valence-corrected chi connectivity index (χ4v) is 2.48. The van der Waals surface area contributed by atoms with Crippen LogP contribution in [0.3, 0.4) is 0 Å². The lowest BCUT2D eigenvalue weighted by molar-refractivity contribution is 0.208. The average Bonchev–Trinajstić information content (AvgIpc) is 2.29. The summed E-state index contributed by atoms with van der Waals surface area (Å²) in [4.78, 5) is 13.1. The first-order valence-electron chi connectivity index (χ1n) is 6.32. The number of nitrogens with zero attached hydrogens (tertiary/aromatic N) is 4. The van der Waals surface area contributed by atoms with Crippen LogP contribution in [-0.4, -0.2) is 49.1 Å². The van der Waals surface area contributed by atoms with E-state index >= 15 is 0 Å². The second-order valence-electron chi connectivity index (χ2n) is 5.24. The average molecular weight is 234 g/mol. The Hall–Kier alpha value is -1.16. The quantitative estimate of drug-likeness (QED) is 0.792. The van der Waals surface area contributed by atoms with Crippen molar-refractivity contribution in [3.63, 3.8) is 0 Å². The summed E-state index contributed by atoms with van der Waals surface area (Å²) in [6.07, 6.45) is 5.39. The van der Waals surface area contributed by atoms with E-state index in [2.05, 4.69) is 28.0 Å². The van der Waals surface area contributed by atoms with Crippen LogP contribution in [0, 0.1) is 5.92 Å². The summed E-state index contributed by atoms with van der Waals surface area (Å²) in [5, 5.41) is 0. The van der Waals surface area contributed by atoms with Gasteiger partial charge in [0.15, 0.2) is 0 Å². The molecule has 1 unspecified atom stereocenters.